The number of benzene rings is 1. The number of imidazole rings is 1. The minimum atomic E-state index is -0.535. The average molecular weight is 413 g/mol. The maximum atomic E-state index is 12.6. The summed E-state index contributed by atoms with van der Waals surface area (Å²) in [4.78, 5) is 18.6. The molecular weight excluding hydrogens is 394 g/mol. The number of carbonyl (C=O) groups excluding carboxylic acids is 1. The summed E-state index contributed by atoms with van der Waals surface area (Å²) in [6.45, 7) is 3.25. The Hall–Kier alpha value is -1.53. The van der Waals surface area contributed by atoms with Gasteiger partial charge in [-0.2, -0.15) is 0 Å². The zero-order valence-corrected chi connectivity index (χ0v) is 15.7. The third-order valence-electron chi connectivity index (χ3n) is 4.27. The van der Waals surface area contributed by atoms with Crippen molar-refractivity contribution < 1.29 is 9.53 Å². The number of likely N-dealkylation sites (tertiary alicyclic amines) is 1. The van der Waals surface area contributed by atoms with Crippen LogP contribution in [0.4, 0.5) is 0 Å². The number of piperidine rings is 1. The fourth-order valence-electron chi connectivity index (χ4n) is 2.94. The number of carbonyl (C=O) groups is 1. The second kappa shape index (κ2) is 7.57. The molecule has 1 saturated heterocycles. The first kappa shape index (κ1) is 17.3. The summed E-state index contributed by atoms with van der Waals surface area (Å²) in [5.74, 6) is 0.634. The van der Waals surface area contributed by atoms with Crippen LogP contribution >= 0.6 is 27.5 Å². The molecule has 1 aromatic heterocycles. The smallest absolute Gasteiger partial charge is 0.263 e. The van der Waals surface area contributed by atoms with Crippen LogP contribution in [0.3, 0.4) is 0 Å². The normalized spacial score (nSPS) is 16.9. The van der Waals surface area contributed by atoms with E-state index in [1.165, 1.54) is 0 Å². The van der Waals surface area contributed by atoms with Crippen LogP contribution in [0.5, 0.6) is 5.75 Å². The molecule has 128 valence electrons. The highest BCUT2D eigenvalue weighted by atomic mass is 79.9. The van der Waals surface area contributed by atoms with Gasteiger partial charge >= 0.3 is 0 Å². The van der Waals surface area contributed by atoms with E-state index in [0.29, 0.717) is 16.8 Å². The zero-order valence-electron chi connectivity index (χ0n) is 13.4. The summed E-state index contributed by atoms with van der Waals surface area (Å²) in [5.41, 5.74) is 0. The summed E-state index contributed by atoms with van der Waals surface area (Å²) < 4.78 is 8.66. The molecule has 1 fully saturated rings. The highest BCUT2D eigenvalue weighted by Crippen LogP contribution is 2.29. The van der Waals surface area contributed by atoms with Crippen LogP contribution < -0.4 is 4.74 Å². The lowest BCUT2D eigenvalue weighted by molar-refractivity contribution is -0.139. The van der Waals surface area contributed by atoms with Gasteiger partial charge in [-0.05, 0) is 53.9 Å². The van der Waals surface area contributed by atoms with Crippen molar-refractivity contribution in [3.05, 3.63) is 46.4 Å². The highest BCUT2D eigenvalue weighted by Gasteiger charge is 2.27. The van der Waals surface area contributed by atoms with Gasteiger partial charge < -0.3 is 14.2 Å². The first-order valence-electron chi connectivity index (χ1n) is 7.92. The SMILES string of the molecule is CC(Oc1ccc(Cl)cc1Br)C(=O)N1CCC(n2ccnc2)CC1. The largest absolute Gasteiger partial charge is 0.480 e. The standard InChI is InChI=1S/C17H19BrClN3O2/c1-12(24-16-3-2-13(19)10-15(16)18)17(23)21-7-4-14(5-8-21)22-9-6-20-11-22/h2-3,6,9-12,14H,4-5,7-8H2,1H3. The Kier molecular flexibility index (Phi) is 5.46. The summed E-state index contributed by atoms with van der Waals surface area (Å²) in [7, 11) is 0. The number of amides is 1. The minimum Gasteiger partial charge on any atom is -0.480 e. The van der Waals surface area contributed by atoms with E-state index in [1.54, 1.807) is 31.3 Å². The summed E-state index contributed by atoms with van der Waals surface area (Å²) >= 11 is 9.33. The molecule has 2 heterocycles. The fraction of sp³-hybridized carbons (Fsp3) is 0.412. The summed E-state index contributed by atoms with van der Waals surface area (Å²) in [6.07, 6.45) is 6.93. The molecule has 0 bridgehead atoms. The van der Waals surface area contributed by atoms with Crippen LogP contribution in [-0.2, 0) is 4.79 Å². The summed E-state index contributed by atoms with van der Waals surface area (Å²) in [6, 6.07) is 5.68. The fourth-order valence-corrected chi connectivity index (χ4v) is 3.71. The van der Waals surface area contributed by atoms with Crippen LogP contribution in [0.25, 0.3) is 0 Å². The molecule has 0 radical (unpaired) electrons. The molecule has 3 rings (SSSR count). The predicted octanol–water partition coefficient (Wildman–Crippen LogP) is 3.93. The lowest BCUT2D eigenvalue weighted by Crippen LogP contribution is -2.45. The molecule has 1 amide bonds. The molecule has 1 unspecified atom stereocenters. The van der Waals surface area contributed by atoms with E-state index in [0.717, 1.165) is 30.4 Å². The van der Waals surface area contributed by atoms with Crippen molar-refractivity contribution in [2.75, 3.05) is 13.1 Å². The maximum absolute atomic E-state index is 12.6. The molecule has 1 aliphatic heterocycles. The Labute approximate surface area is 154 Å². The molecule has 1 aliphatic rings. The lowest BCUT2D eigenvalue weighted by Gasteiger charge is -2.34. The van der Waals surface area contributed by atoms with Gasteiger partial charge in [-0.15, -0.1) is 0 Å². The monoisotopic (exact) mass is 411 g/mol. The van der Waals surface area contributed by atoms with Gasteiger partial charge in [0.05, 0.1) is 10.8 Å². The van der Waals surface area contributed by atoms with Crippen molar-refractivity contribution in [1.29, 1.82) is 0 Å². The van der Waals surface area contributed by atoms with Gasteiger partial charge in [0.1, 0.15) is 5.75 Å². The van der Waals surface area contributed by atoms with Crippen LogP contribution in [0.1, 0.15) is 25.8 Å². The van der Waals surface area contributed by atoms with Gasteiger partial charge in [-0.1, -0.05) is 11.6 Å². The molecule has 0 spiro atoms. The van der Waals surface area contributed by atoms with Crippen molar-refractivity contribution >= 4 is 33.4 Å². The third kappa shape index (κ3) is 3.92. The van der Waals surface area contributed by atoms with Crippen LogP contribution in [0.15, 0.2) is 41.4 Å². The molecule has 24 heavy (non-hydrogen) atoms. The van der Waals surface area contributed by atoms with Gasteiger partial charge in [-0.25, -0.2) is 4.98 Å². The van der Waals surface area contributed by atoms with E-state index < -0.39 is 6.10 Å². The topological polar surface area (TPSA) is 47.4 Å². The van der Waals surface area contributed by atoms with Crippen LogP contribution in [0.2, 0.25) is 5.02 Å². The van der Waals surface area contributed by atoms with Crippen LogP contribution in [0, 0.1) is 0 Å². The lowest BCUT2D eigenvalue weighted by atomic mass is 10.0. The first-order valence-corrected chi connectivity index (χ1v) is 9.09. The molecule has 7 heteroatoms. The molecule has 0 saturated carbocycles. The predicted molar refractivity (Wildman–Crippen MR) is 96.3 cm³/mol. The Morgan fingerprint density at radius 1 is 1.42 bits per heavy atom. The van der Waals surface area contributed by atoms with Crippen molar-refractivity contribution in [2.45, 2.75) is 31.9 Å². The number of aromatic nitrogens is 2. The Morgan fingerprint density at radius 3 is 2.79 bits per heavy atom. The second-order valence-corrected chi connectivity index (χ2v) is 7.19. The molecule has 2 aromatic rings. The van der Waals surface area contributed by atoms with E-state index in [1.807, 2.05) is 17.4 Å². The van der Waals surface area contributed by atoms with E-state index in [2.05, 4.69) is 25.5 Å². The van der Waals surface area contributed by atoms with Gasteiger partial charge in [0, 0.05) is 36.5 Å². The third-order valence-corrected chi connectivity index (χ3v) is 5.12. The zero-order chi connectivity index (χ0) is 17.1. The van der Waals surface area contributed by atoms with E-state index in [-0.39, 0.29) is 5.91 Å². The molecular formula is C17H19BrClN3O2. The average Bonchev–Trinajstić information content (AvgIpc) is 3.11. The van der Waals surface area contributed by atoms with Gasteiger partial charge in [-0.3, -0.25) is 4.79 Å². The number of ether oxygens (including phenoxy) is 1. The van der Waals surface area contributed by atoms with E-state index in [4.69, 9.17) is 16.3 Å². The molecule has 0 N–H and O–H groups in total. The molecule has 1 aromatic carbocycles. The van der Waals surface area contributed by atoms with Crippen LogP contribution in [-0.4, -0.2) is 39.6 Å². The number of halogens is 2. The number of rotatable bonds is 4. The van der Waals surface area contributed by atoms with Gasteiger partial charge in [0.2, 0.25) is 0 Å². The second-order valence-electron chi connectivity index (χ2n) is 5.90. The number of nitrogens with zero attached hydrogens (tertiary/aromatic N) is 3. The number of hydrogen-bond acceptors (Lipinski definition) is 3. The minimum absolute atomic E-state index is 0.0148. The maximum Gasteiger partial charge on any atom is 0.263 e. The van der Waals surface area contributed by atoms with Crippen molar-refractivity contribution in [2.24, 2.45) is 0 Å². The van der Waals surface area contributed by atoms with E-state index >= 15 is 0 Å². The molecule has 0 aliphatic carbocycles. The van der Waals surface area contributed by atoms with Gasteiger partial charge in [0.25, 0.3) is 5.91 Å². The Balaban J connectivity index is 1.56. The molecule has 1 atom stereocenters. The van der Waals surface area contributed by atoms with E-state index in [9.17, 15) is 4.79 Å². The Morgan fingerprint density at radius 2 is 2.17 bits per heavy atom. The number of hydrogen-bond donors (Lipinski definition) is 0. The molecule has 5 nitrogen and oxygen atoms in total. The van der Waals surface area contributed by atoms with Gasteiger partial charge in [0.15, 0.2) is 6.10 Å². The first-order chi connectivity index (χ1) is 11.5. The highest BCUT2D eigenvalue weighted by molar-refractivity contribution is 9.10. The Bertz CT molecular complexity index is 700. The summed E-state index contributed by atoms with van der Waals surface area (Å²) in [5, 5.41) is 0.620. The van der Waals surface area contributed by atoms with Crippen molar-refractivity contribution in [1.82, 2.24) is 14.5 Å². The van der Waals surface area contributed by atoms with Crippen molar-refractivity contribution in [3.63, 3.8) is 0 Å². The quantitative estimate of drug-likeness (QED) is 0.764. The van der Waals surface area contributed by atoms with Crippen molar-refractivity contribution in [3.8, 4) is 5.75 Å².